The molecule has 0 spiro atoms. The van der Waals surface area contributed by atoms with Crippen LogP contribution >= 0.6 is 11.6 Å². The molecule has 1 aromatic heterocycles. The number of aryl methyl sites for hydroxylation is 1. The van der Waals surface area contributed by atoms with Crippen molar-refractivity contribution in [1.82, 2.24) is 4.90 Å². The van der Waals surface area contributed by atoms with Gasteiger partial charge in [0, 0.05) is 23.5 Å². The minimum Gasteiger partial charge on any atom is -0.449 e. The quantitative estimate of drug-likeness (QED) is 0.780. The minimum atomic E-state index is -0.000772. The zero-order chi connectivity index (χ0) is 15.7. The molecule has 3 rings (SSSR count). The number of fused-ring (bicyclic) bond motifs is 1. The van der Waals surface area contributed by atoms with E-state index in [0.717, 1.165) is 23.8 Å². The van der Waals surface area contributed by atoms with Crippen molar-refractivity contribution in [3.63, 3.8) is 0 Å². The van der Waals surface area contributed by atoms with Gasteiger partial charge in [0.25, 0.3) is 5.91 Å². The average molecular weight is 320 g/mol. The van der Waals surface area contributed by atoms with Crippen LogP contribution in [-0.2, 0) is 0 Å². The van der Waals surface area contributed by atoms with E-state index < -0.39 is 0 Å². The van der Waals surface area contributed by atoms with Crippen LogP contribution < -0.4 is 0 Å². The molecule has 1 aliphatic rings. The Balaban J connectivity index is 1.96. The van der Waals surface area contributed by atoms with Crippen molar-refractivity contribution in [2.45, 2.75) is 52.0 Å². The van der Waals surface area contributed by atoms with Gasteiger partial charge in [0.1, 0.15) is 0 Å². The van der Waals surface area contributed by atoms with Crippen molar-refractivity contribution < 1.29 is 9.21 Å². The molecule has 1 saturated carbocycles. The summed E-state index contributed by atoms with van der Waals surface area (Å²) in [6.45, 7) is 4.69. The van der Waals surface area contributed by atoms with Crippen LogP contribution in [-0.4, -0.2) is 23.4 Å². The molecule has 0 N–H and O–H groups in total. The molecule has 0 radical (unpaired) electrons. The Morgan fingerprint density at radius 1 is 1.32 bits per heavy atom. The zero-order valence-electron chi connectivity index (χ0n) is 13.2. The van der Waals surface area contributed by atoms with Crippen molar-refractivity contribution in [3.05, 3.63) is 34.5 Å². The van der Waals surface area contributed by atoms with Crippen LogP contribution in [0.3, 0.4) is 0 Å². The van der Waals surface area contributed by atoms with E-state index in [1.165, 1.54) is 19.3 Å². The highest BCUT2D eigenvalue weighted by atomic mass is 35.5. The number of carbonyl (C=O) groups excluding carboxylic acids is 1. The van der Waals surface area contributed by atoms with Crippen LogP contribution in [0, 0.1) is 6.92 Å². The van der Waals surface area contributed by atoms with Crippen molar-refractivity contribution >= 4 is 28.5 Å². The second kappa shape index (κ2) is 6.33. The predicted molar refractivity (Wildman–Crippen MR) is 89.5 cm³/mol. The highest BCUT2D eigenvalue weighted by molar-refractivity contribution is 6.35. The molecular weight excluding hydrogens is 298 g/mol. The number of carbonyl (C=O) groups is 1. The summed E-state index contributed by atoms with van der Waals surface area (Å²) in [7, 11) is 0. The first-order chi connectivity index (χ1) is 10.6. The molecule has 0 saturated heterocycles. The van der Waals surface area contributed by atoms with Crippen LogP contribution in [0.1, 0.15) is 55.1 Å². The minimum absolute atomic E-state index is 0.000772. The monoisotopic (exact) mass is 319 g/mol. The Morgan fingerprint density at radius 3 is 2.68 bits per heavy atom. The fourth-order valence-corrected chi connectivity index (χ4v) is 3.72. The summed E-state index contributed by atoms with van der Waals surface area (Å²) >= 11 is 6.19. The summed E-state index contributed by atoms with van der Waals surface area (Å²) < 4.78 is 5.84. The van der Waals surface area contributed by atoms with Crippen molar-refractivity contribution in [2.75, 3.05) is 6.54 Å². The van der Waals surface area contributed by atoms with Gasteiger partial charge < -0.3 is 9.32 Å². The SMILES string of the molecule is CCN(C(=O)c1oc2c(Cl)cccc2c1C)C1CCCCC1. The van der Waals surface area contributed by atoms with Gasteiger partial charge in [-0.25, -0.2) is 0 Å². The molecule has 0 bridgehead atoms. The van der Waals surface area contributed by atoms with E-state index in [1.807, 2.05) is 30.9 Å². The van der Waals surface area contributed by atoms with Crippen molar-refractivity contribution in [1.29, 1.82) is 0 Å². The van der Waals surface area contributed by atoms with Crippen LogP contribution in [0.4, 0.5) is 0 Å². The fraction of sp³-hybridized carbons (Fsp3) is 0.500. The highest BCUT2D eigenvalue weighted by Crippen LogP contribution is 2.32. The predicted octanol–water partition coefficient (Wildman–Crippen LogP) is 5.19. The molecule has 1 amide bonds. The van der Waals surface area contributed by atoms with Gasteiger partial charge in [0.2, 0.25) is 0 Å². The summed E-state index contributed by atoms with van der Waals surface area (Å²) in [5.74, 6) is 0.440. The Labute approximate surface area is 136 Å². The third-order valence-electron chi connectivity index (χ3n) is 4.73. The van der Waals surface area contributed by atoms with Gasteiger partial charge in [-0.2, -0.15) is 0 Å². The van der Waals surface area contributed by atoms with Gasteiger partial charge in [0.05, 0.1) is 5.02 Å². The van der Waals surface area contributed by atoms with Crippen LogP contribution in [0.15, 0.2) is 22.6 Å². The lowest BCUT2D eigenvalue weighted by Crippen LogP contribution is -2.41. The van der Waals surface area contributed by atoms with Gasteiger partial charge in [-0.1, -0.05) is 43.0 Å². The maximum atomic E-state index is 13.0. The molecule has 1 heterocycles. The van der Waals surface area contributed by atoms with E-state index in [0.29, 0.717) is 29.0 Å². The van der Waals surface area contributed by atoms with Gasteiger partial charge >= 0.3 is 0 Å². The largest absolute Gasteiger partial charge is 0.449 e. The molecule has 1 aromatic carbocycles. The lowest BCUT2D eigenvalue weighted by molar-refractivity contribution is 0.0617. The van der Waals surface area contributed by atoms with E-state index in [2.05, 4.69) is 0 Å². The standard InChI is InChI=1S/C18H22ClNO2/c1-3-20(13-8-5-4-6-9-13)18(21)16-12(2)14-10-7-11-15(19)17(14)22-16/h7,10-11,13H,3-6,8-9H2,1-2H3. The summed E-state index contributed by atoms with van der Waals surface area (Å²) in [5, 5.41) is 1.48. The molecule has 22 heavy (non-hydrogen) atoms. The number of halogens is 1. The van der Waals surface area contributed by atoms with Gasteiger partial charge in [-0.3, -0.25) is 4.79 Å². The number of hydrogen-bond donors (Lipinski definition) is 0. The number of rotatable bonds is 3. The van der Waals surface area contributed by atoms with Crippen LogP contribution in [0.5, 0.6) is 0 Å². The maximum absolute atomic E-state index is 13.0. The van der Waals surface area contributed by atoms with E-state index in [4.69, 9.17) is 16.0 Å². The molecule has 118 valence electrons. The fourth-order valence-electron chi connectivity index (χ4n) is 3.50. The molecule has 0 atom stereocenters. The lowest BCUT2D eigenvalue weighted by atomic mass is 9.94. The Morgan fingerprint density at radius 2 is 2.05 bits per heavy atom. The number of para-hydroxylation sites is 1. The number of amides is 1. The van der Waals surface area contributed by atoms with Crippen LogP contribution in [0.2, 0.25) is 5.02 Å². The second-order valence-electron chi connectivity index (χ2n) is 6.06. The molecule has 1 fully saturated rings. The zero-order valence-corrected chi connectivity index (χ0v) is 13.9. The first-order valence-corrected chi connectivity index (χ1v) is 8.49. The van der Waals surface area contributed by atoms with Crippen molar-refractivity contribution in [3.8, 4) is 0 Å². The summed E-state index contributed by atoms with van der Waals surface area (Å²) in [6.07, 6.45) is 5.89. The molecule has 0 aliphatic heterocycles. The van der Waals surface area contributed by atoms with Gasteiger partial charge in [-0.15, -0.1) is 0 Å². The van der Waals surface area contributed by atoms with Gasteiger partial charge in [0.15, 0.2) is 11.3 Å². The third kappa shape index (κ3) is 2.63. The number of furan rings is 1. The first-order valence-electron chi connectivity index (χ1n) is 8.12. The Bertz CT molecular complexity index is 686. The molecule has 3 nitrogen and oxygen atoms in total. The molecular formula is C18H22ClNO2. The van der Waals surface area contributed by atoms with E-state index >= 15 is 0 Å². The first kappa shape index (κ1) is 15.4. The van der Waals surface area contributed by atoms with E-state index in [1.54, 1.807) is 6.07 Å². The number of nitrogens with zero attached hydrogens (tertiary/aromatic N) is 1. The summed E-state index contributed by atoms with van der Waals surface area (Å²) in [4.78, 5) is 14.9. The highest BCUT2D eigenvalue weighted by Gasteiger charge is 2.29. The summed E-state index contributed by atoms with van der Waals surface area (Å²) in [5.41, 5.74) is 1.50. The van der Waals surface area contributed by atoms with Crippen LogP contribution in [0.25, 0.3) is 11.0 Å². The smallest absolute Gasteiger partial charge is 0.290 e. The number of benzene rings is 1. The Kier molecular flexibility index (Phi) is 4.44. The van der Waals surface area contributed by atoms with E-state index in [9.17, 15) is 4.79 Å². The van der Waals surface area contributed by atoms with E-state index in [-0.39, 0.29) is 5.91 Å². The number of hydrogen-bond acceptors (Lipinski definition) is 2. The second-order valence-corrected chi connectivity index (χ2v) is 6.46. The molecule has 1 aliphatic carbocycles. The van der Waals surface area contributed by atoms with Crippen molar-refractivity contribution in [2.24, 2.45) is 0 Å². The maximum Gasteiger partial charge on any atom is 0.290 e. The Hall–Kier alpha value is -1.48. The molecule has 4 heteroatoms. The third-order valence-corrected chi connectivity index (χ3v) is 5.02. The normalized spacial score (nSPS) is 16.1. The molecule has 0 unspecified atom stereocenters. The van der Waals surface area contributed by atoms with Gasteiger partial charge in [-0.05, 0) is 32.8 Å². The topological polar surface area (TPSA) is 33.5 Å². The average Bonchev–Trinajstić information content (AvgIpc) is 2.88. The summed E-state index contributed by atoms with van der Waals surface area (Å²) in [6, 6.07) is 5.97. The lowest BCUT2D eigenvalue weighted by Gasteiger charge is -2.33. The molecule has 2 aromatic rings.